The molecule has 0 unspecified atom stereocenters. The number of esters is 1. The summed E-state index contributed by atoms with van der Waals surface area (Å²) >= 11 is 6.23. The molecule has 0 N–H and O–H groups in total. The van der Waals surface area contributed by atoms with Crippen molar-refractivity contribution >= 4 is 44.7 Å². The molecule has 2 rings (SSSR count). The lowest BCUT2D eigenvalue weighted by atomic mass is 10.0. The molecule has 0 radical (unpaired) electrons. The normalized spacial score (nSPS) is 12.2. The van der Waals surface area contributed by atoms with E-state index in [0.29, 0.717) is 27.3 Å². The Kier molecular flexibility index (Phi) is 5.13. The first-order valence-corrected chi connectivity index (χ1v) is 8.74. The van der Waals surface area contributed by atoms with E-state index in [1.54, 1.807) is 19.1 Å². The van der Waals surface area contributed by atoms with Crippen LogP contribution in [0, 0.1) is 6.92 Å². The first-order valence-electron chi connectivity index (χ1n) is 6.55. The molecule has 0 saturated heterocycles. The Hall–Kier alpha value is -1.83. The second-order valence-electron chi connectivity index (χ2n) is 4.81. The van der Waals surface area contributed by atoms with Crippen LogP contribution in [0.15, 0.2) is 22.6 Å². The van der Waals surface area contributed by atoms with E-state index >= 15 is 0 Å². The highest BCUT2D eigenvalue weighted by Crippen LogP contribution is 2.33. The largest absolute Gasteiger partial charge is 0.465 e. The molecule has 2 aromatic rings. The molecule has 0 aliphatic rings. The van der Waals surface area contributed by atoms with E-state index in [4.69, 9.17) is 20.8 Å². The summed E-state index contributed by atoms with van der Waals surface area (Å²) < 4.78 is 36.8. The third-order valence-electron chi connectivity index (χ3n) is 2.97. The van der Waals surface area contributed by atoms with Gasteiger partial charge in [0.15, 0.2) is 0 Å². The number of halogens is 1. The van der Waals surface area contributed by atoms with Crippen LogP contribution >= 0.6 is 11.6 Å². The highest BCUT2D eigenvalue weighted by atomic mass is 35.5. The number of hydrogen-bond donors (Lipinski definition) is 0. The summed E-state index contributed by atoms with van der Waals surface area (Å²) in [5.41, 5.74) is 0.915. The molecule has 1 aromatic carbocycles. The Bertz CT molecular complexity index is 879. The van der Waals surface area contributed by atoms with E-state index in [0.717, 1.165) is 6.26 Å². The molecule has 1 aromatic heterocycles. The Morgan fingerprint density at radius 1 is 1.39 bits per heavy atom. The van der Waals surface area contributed by atoms with Crippen LogP contribution in [0.4, 0.5) is 0 Å². The number of carbonyl (C=O) groups is 1. The van der Waals surface area contributed by atoms with Crippen LogP contribution in [0.2, 0.25) is 5.02 Å². The highest BCUT2D eigenvalue weighted by molar-refractivity contribution is 7.85. The van der Waals surface area contributed by atoms with Crippen molar-refractivity contribution in [2.75, 3.05) is 20.0 Å². The molecule has 6 nitrogen and oxygen atoms in total. The van der Waals surface area contributed by atoms with Crippen molar-refractivity contribution in [2.45, 2.75) is 6.92 Å². The van der Waals surface area contributed by atoms with Crippen LogP contribution in [-0.2, 0) is 19.0 Å². The summed E-state index contributed by atoms with van der Waals surface area (Å²) in [6, 6.07) is 3.42. The van der Waals surface area contributed by atoms with Crippen LogP contribution in [-0.4, -0.2) is 34.4 Å². The van der Waals surface area contributed by atoms with Gasteiger partial charge in [-0.05, 0) is 19.1 Å². The van der Waals surface area contributed by atoms with Gasteiger partial charge in [0.25, 0.3) is 10.1 Å². The predicted molar refractivity (Wildman–Crippen MR) is 87.1 cm³/mol. The standard InChI is InChI=1S/C15H15ClO6S/c1-9-7-10-8-12(16)11(5-4-6-21-23(3,18)19)13(14(10)22-9)15(17)20-2/h4-5,7-8H,6H2,1-3H3. The number of aryl methyl sites for hydroxylation is 1. The molecule has 0 bridgehead atoms. The van der Waals surface area contributed by atoms with Crippen molar-refractivity contribution in [3.8, 4) is 0 Å². The summed E-state index contributed by atoms with van der Waals surface area (Å²) in [6.45, 7) is 1.58. The Morgan fingerprint density at radius 2 is 2.09 bits per heavy atom. The average Bonchev–Trinajstić information content (AvgIpc) is 2.81. The zero-order valence-electron chi connectivity index (χ0n) is 12.8. The van der Waals surface area contributed by atoms with E-state index < -0.39 is 16.1 Å². The van der Waals surface area contributed by atoms with Gasteiger partial charge in [-0.1, -0.05) is 23.8 Å². The third-order valence-corrected chi connectivity index (χ3v) is 3.85. The highest BCUT2D eigenvalue weighted by Gasteiger charge is 2.21. The topological polar surface area (TPSA) is 82.8 Å². The number of benzene rings is 1. The monoisotopic (exact) mass is 358 g/mol. The lowest BCUT2D eigenvalue weighted by molar-refractivity contribution is 0.0601. The van der Waals surface area contributed by atoms with Crippen molar-refractivity contribution < 1.29 is 26.5 Å². The number of hydrogen-bond acceptors (Lipinski definition) is 6. The molecular formula is C15H15ClO6S. The third kappa shape index (κ3) is 4.13. The molecule has 8 heteroatoms. The van der Waals surface area contributed by atoms with Gasteiger partial charge in [-0.25, -0.2) is 4.79 Å². The lowest BCUT2D eigenvalue weighted by Gasteiger charge is -2.07. The molecule has 0 amide bonds. The fraction of sp³-hybridized carbons (Fsp3) is 0.267. The predicted octanol–water partition coefficient (Wildman–Crippen LogP) is 3.17. The zero-order valence-corrected chi connectivity index (χ0v) is 14.3. The number of ether oxygens (including phenoxy) is 1. The van der Waals surface area contributed by atoms with Gasteiger partial charge < -0.3 is 9.15 Å². The van der Waals surface area contributed by atoms with Crippen LogP contribution in [0.1, 0.15) is 21.7 Å². The van der Waals surface area contributed by atoms with Crippen LogP contribution in [0.25, 0.3) is 17.0 Å². The fourth-order valence-electron chi connectivity index (χ4n) is 2.09. The number of carbonyl (C=O) groups excluding carboxylic acids is 1. The fourth-order valence-corrected chi connectivity index (χ4v) is 2.69. The van der Waals surface area contributed by atoms with Gasteiger partial charge in [0.1, 0.15) is 16.9 Å². The van der Waals surface area contributed by atoms with Crippen molar-refractivity contribution in [3.63, 3.8) is 0 Å². The Balaban J connectivity index is 2.51. The van der Waals surface area contributed by atoms with Crippen LogP contribution < -0.4 is 0 Å². The second kappa shape index (κ2) is 6.74. The quantitative estimate of drug-likeness (QED) is 0.603. The number of methoxy groups -OCH3 is 1. The smallest absolute Gasteiger partial charge is 0.342 e. The van der Waals surface area contributed by atoms with Crippen molar-refractivity contribution in [3.05, 3.63) is 40.1 Å². The summed E-state index contributed by atoms with van der Waals surface area (Å²) in [5, 5.41) is 0.992. The minimum absolute atomic E-state index is 0.176. The maximum absolute atomic E-state index is 12.1. The molecule has 124 valence electrons. The van der Waals surface area contributed by atoms with Gasteiger partial charge in [-0.3, -0.25) is 4.18 Å². The summed E-state index contributed by atoms with van der Waals surface area (Å²) in [5.74, 6) is 0.0262. The van der Waals surface area contributed by atoms with Gasteiger partial charge in [0.2, 0.25) is 0 Å². The Labute approximate surface area is 138 Å². The van der Waals surface area contributed by atoms with Crippen molar-refractivity contribution in [1.82, 2.24) is 0 Å². The molecule has 0 aliphatic heterocycles. The first-order chi connectivity index (χ1) is 10.7. The summed E-state index contributed by atoms with van der Waals surface area (Å²) in [4.78, 5) is 12.1. The Morgan fingerprint density at radius 3 is 2.70 bits per heavy atom. The number of furan rings is 1. The second-order valence-corrected chi connectivity index (χ2v) is 6.86. The van der Waals surface area contributed by atoms with Crippen molar-refractivity contribution in [1.29, 1.82) is 0 Å². The number of fused-ring (bicyclic) bond motifs is 1. The van der Waals surface area contributed by atoms with Gasteiger partial charge in [0, 0.05) is 16.0 Å². The van der Waals surface area contributed by atoms with Crippen molar-refractivity contribution in [2.24, 2.45) is 0 Å². The van der Waals surface area contributed by atoms with Crippen LogP contribution in [0.3, 0.4) is 0 Å². The average molecular weight is 359 g/mol. The molecule has 0 fully saturated rings. The maximum atomic E-state index is 12.1. The van der Waals surface area contributed by atoms with Crippen LogP contribution in [0.5, 0.6) is 0 Å². The van der Waals surface area contributed by atoms with Gasteiger partial charge in [-0.15, -0.1) is 0 Å². The van der Waals surface area contributed by atoms with Gasteiger partial charge in [-0.2, -0.15) is 8.42 Å². The van der Waals surface area contributed by atoms with E-state index in [1.807, 2.05) is 0 Å². The molecule has 23 heavy (non-hydrogen) atoms. The summed E-state index contributed by atoms with van der Waals surface area (Å²) in [6.07, 6.45) is 3.89. The zero-order chi connectivity index (χ0) is 17.2. The SMILES string of the molecule is COC(=O)c1c(C=CCOS(C)(=O)=O)c(Cl)cc2cc(C)oc12. The molecule has 0 aliphatic carbocycles. The molecule has 0 spiro atoms. The van der Waals surface area contributed by atoms with E-state index in [1.165, 1.54) is 19.3 Å². The van der Waals surface area contributed by atoms with E-state index in [9.17, 15) is 13.2 Å². The maximum Gasteiger partial charge on any atom is 0.342 e. The molecule has 1 heterocycles. The molecule has 0 atom stereocenters. The minimum atomic E-state index is -3.55. The first kappa shape index (κ1) is 17.5. The number of rotatable bonds is 5. The van der Waals surface area contributed by atoms with E-state index in [2.05, 4.69) is 4.18 Å². The van der Waals surface area contributed by atoms with Gasteiger partial charge in [0.05, 0.1) is 20.0 Å². The van der Waals surface area contributed by atoms with E-state index in [-0.39, 0.29) is 12.2 Å². The lowest BCUT2D eigenvalue weighted by Crippen LogP contribution is -2.05. The van der Waals surface area contributed by atoms with Gasteiger partial charge >= 0.3 is 5.97 Å². The summed E-state index contributed by atoms with van der Waals surface area (Å²) in [7, 11) is -2.29. The minimum Gasteiger partial charge on any atom is -0.465 e. The molecular weight excluding hydrogens is 344 g/mol. The molecule has 0 saturated carbocycles.